The number of nitrogens with one attached hydrogen (secondary N) is 1. The number of sulfone groups is 1. The Morgan fingerprint density at radius 1 is 1.14 bits per heavy atom. The molecule has 1 unspecified atom stereocenters. The van der Waals surface area contributed by atoms with E-state index in [-0.39, 0.29) is 16.7 Å². The Bertz CT molecular complexity index is 742. The summed E-state index contributed by atoms with van der Waals surface area (Å²) in [5, 5.41) is 12.9. The van der Waals surface area contributed by atoms with Gasteiger partial charge in [-0.25, -0.2) is 12.8 Å². The molecule has 112 valence electrons. The molecule has 2 rings (SSSR count). The number of hydrogen-bond donors (Lipinski definition) is 2. The summed E-state index contributed by atoms with van der Waals surface area (Å²) in [6, 6.07) is 9.90. The van der Waals surface area contributed by atoms with Crippen LogP contribution in [0.4, 0.5) is 10.1 Å². The highest BCUT2D eigenvalue weighted by Crippen LogP contribution is 2.27. The van der Waals surface area contributed by atoms with Gasteiger partial charge in [0.05, 0.1) is 10.9 Å². The Morgan fingerprint density at radius 2 is 1.76 bits per heavy atom. The first-order valence-corrected chi connectivity index (χ1v) is 8.21. The second kappa shape index (κ2) is 5.73. The Balaban J connectivity index is 2.18. The summed E-state index contributed by atoms with van der Waals surface area (Å²) >= 11 is 0. The van der Waals surface area contributed by atoms with Crippen molar-refractivity contribution in [2.24, 2.45) is 0 Å². The number of phenolic OH excluding ortho intramolecular Hbond substituents is 1. The average Bonchev–Trinajstić information content (AvgIpc) is 2.38. The molecule has 0 bridgehead atoms. The highest BCUT2D eigenvalue weighted by atomic mass is 32.2. The first-order chi connectivity index (χ1) is 9.77. The highest BCUT2D eigenvalue weighted by molar-refractivity contribution is 7.90. The SMILES string of the molecule is CC(Nc1ccc(S(C)(=O)=O)cc1)c1ccc(F)cc1O. The fourth-order valence-electron chi connectivity index (χ4n) is 2.01. The molecule has 6 heteroatoms. The van der Waals surface area contributed by atoms with Gasteiger partial charge in [-0.15, -0.1) is 0 Å². The quantitative estimate of drug-likeness (QED) is 0.910. The fourth-order valence-corrected chi connectivity index (χ4v) is 2.64. The van der Waals surface area contributed by atoms with Gasteiger partial charge < -0.3 is 10.4 Å². The van der Waals surface area contributed by atoms with Crippen molar-refractivity contribution in [2.75, 3.05) is 11.6 Å². The monoisotopic (exact) mass is 309 g/mol. The Kier molecular flexibility index (Phi) is 4.18. The van der Waals surface area contributed by atoms with Crippen molar-refractivity contribution in [3.05, 3.63) is 53.8 Å². The molecule has 0 aliphatic heterocycles. The summed E-state index contributed by atoms with van der Waals surface area (Å²) in [5.41, 5.74) is 1.27. The van der Waals surface area contributed by atoms with Gasteiger partial charge >= 0.3 is 0 Å². The van der Waals surface area contributed by atoms with Crippen molar-refractivity contribution in [3.8, 4) is 5.75 Å². The summed E-state index contributed by atoms with van der Waals surface area (Å²) in [5.74, 6) is -0.622. The van der Waals surface area contributed by atoms with Gasteiger partial charge in [-0.3, -0.25) is 0 Å². The van der Waals surface area contributed by atoms with Crippen LogP contribution in [0.5, 0.6) is 5.75 Å². The minimum atomic E-state index is -3.22. The lowest BCUT2D eigenvalue weighted by Gasteiger charge is -2.17. The van der Waals surface area contributed by atoms with Gasteiger partial charge in [-0.05, 0) is 37.3 Å². The van der Waals surface area contributed by atoms with E-state index in [9.17, 15) is 17.9 Å². The number of aromatic hydroxyl groups is 1. The Labute approximate surface area is 123 Å². The van der Waals surface area contributed by atoms with Gasteiger partial charge in [0.1, 0.15) is 11.6 Å². The molecule has 0 aliphatic rings. The van der Waals surface area contributed by atoms with Crippen LogP contribution in [0.25, 0.3) is 0 Å². The average molecular weight is 309 g/mol. The van der Waals surface area contributed by atoms with Gasteiger partial charge in [-0.2, -0.15) is 0 Å². The molecule has 0 fully saturated rings. The second-order valence-electron chi connectivity index (χ2n) is 4.87. The summed E-state index contributed by atoms with van der Waals surface area (Å²) in [6.07, 6.45) is 1.15. The molecule has 0 radical (unpaired) electrons. The van der Waals surface area contributed by atoms with Crippen LogP contribution in [0.1, 0.15) is 18.5 Å². The third-order valence-corrected chi connectivity index (χ3v) is 4.25. The van der Waals surface area contributed by atoms with Gasteiger partial charge in [0.2, 0.25) is 0 Å². The number of benzene rings is 2. The molecular weight excluding hydrogens is 293 g/mol. The van der Waals surface area contributed by atoms with E-state index in [2.05, 4.69) is 5.32 Å². The molecular formula is C15H16FNO3S. The van der Waals surface area contributed by atoms with E-state index in [0.717, 1.165) is 12.3 Å². The molecule has 0 aliphatic carbocycles. The van der Waals surface area contributed by atoms with Crippen molar-refractivity contribution in [3.63, 3.8) is 0 Å². The smallest absolute Gasteiger partial charge is 0.175 e. The second-order valence-corrected chi connectivity index (χ2v) is 6.88. The van der Waals surface area contributed by atoms with Crippen molar-refractivity contribution in [1.82, 2.24) is 0 Å². The Hall–Kier alpha value is -2.08. The van der Waals surface area contributed by atoms with Crippen molar-refractivity contribution >= 4 is 15.5 Å². The molecule has 2 aromatic carbocycles. The molecule has 0 amide bonds. The van der Waals surface area contributed by atoms with E-state index in [4.69, 9.17) is 0 Å². The van der Waals surface area contributed by atoms with Gasteiger partial charge in [0.25, 0.3) is 0 Å². The van der Waals surface area contributed by atoms with E-state index in [1.807, 2.05) is 6.92 Å². The maximum Gasteiger partial charge on any atom is 0.175 e. The molecule has 0 aromatic heterocycles. The summed E-state index contributed by atoms with van der Waals surface area (Å²) in [6.45, 7) is 1.82. The zero-order valence-corrected chi connectivity index (χ0v) is 12.5. The molecule has 0 saturated carbocycles. The number of anilines is 1. The summed E-state index contributed by atoms with van der Waals surface area (Å²) in [7, 11) is -3.22. The normalized spacial score (nSPS) is 12.9. The van der Waals surface area contributed by atoms with Gasteiger partial charge in [-0.1, -0.05) is 6.07 Å². The maximum atomic E-state index is 13.0. The molecule has 21 heavy (non-hydrogen) atoms. The molecule has 1 atom stereocenters. The largest absolute Gasteiger partial charge is 0.507 e. The number of halogens is 1. The van der Waals surface area contributed by atoms with Crippen LogP contribution in [-0.4, -0.2) is 19.8 Å². The van der Waals surface area contributed by atoms with Crippen LogP contribution in [0.3, 0.4) is 0 Å². The van der Waals surface area contributed by atoms with E-state index in [1.165, 1.54) is 24.3 Å². The lowest BCUT2D eigenvalue weighted by atomic mass is 10.1. The Morgan fingerprint density at radius 3 is 2.29 bits per heavy atom. The molecule has 2 N–H and O–H groups in total. The van der Waals surface area contributed by atoms with Crippen molar-refractivity contribution < 1.29 is 17.9 Å². The maximum absolute atomic E-state index is 13.0. The predicted octanol–water partition coefficient (Wildman–Crippen LogP) is 3.11. The van der Waals surface area contributed by atoms with Crippen LogP contribution in [-0.2, 0) is 9.84 Å². The van der Waals surface area contributed by atoms with E-state index in [0.29, 0.717) is 11.3 Å². The lowest BCUT2D eigenvalue weighted by molar-refractivity contribution is 0.459. The van der Waals surface area contributed by atoms with Crippen molar-refractivity contribution in [2.45, 2.75) is 17.9 Å². The minimum absolute atomic E-state index is 0.122. The number of rotatable bonds is 4. The minimum Gasteiger partial charge on any atom is -0.507 e. The van der Waals surface area contributed by atoms with Crippen LogP contribution in [0, 0.1) is 5.82 Å². The topological polar surface area (TPSA) is 66.4 Å². The van der Waals surface area contributed by atoms with Crippen molar-refractivity contribution in [1.29, 1.82) is 0 Å². The molecule has 0 spiro atoms. The zero-order valence-electron chi connectivity index (χ0n) is 11.7. The van der Waals surface area contributed by atoms with E-state index >= 15 is 0 Å². The van der Waals surface area contributed by atoms with Crippen LogP contribution in [0.2, 0.25) is 0 Å². The van der Waals surface area contributed by atoms with Gasteiger partial charge in [0, 0.05) is 23.6 Å². The van der Waals surface area contributed by atoms with Crippen LogP contribution in [0.15, 0.2) is 47.4 Å². The molecule has 0 heterocycles. The molecule has 0 saturated heterocycles. The van der Waals surface area contributed by atoms with Crippen LogP contribution < -0.4 is 5.32 Å². The van der Waals surface area contributed by atoms with E-state index in [1.54, 1.807) is 12.1 Å². The molecule has 2 aromatic rings. The lowest BCUT2D eigenvalue weighted by Crippen LogP contribution is -2.07. The first-order valence-electron chi connectivity index (χ1n) is 6.32. The zero-order chi connectivity index (χ0) is 15.6. The molecule has 4 nitrogen and oxygen atoms in total. The van der Waals surface area contributed by atoms with Crippen LogP contribution >= 0.6 is 0 Å². The predicted molar refractivity (Wildman–Crippen MR) is 79.7 cm³/mol. The first kappa shape index (κ1) is 15.3. The third kappa shape index (κ3) is 3.72. The number of hydrogen-bond acceptors (Lipinski definition) is 4. The third-order valence-electron chi connectivity index (χ3n) is 3.12. The van der Waals surface area contributed by atoms with Gasteiger partial charge in [0.15, 0.2) is 9.84 Å². The summed E-state index contributed by atoms with van der Waals surface area (Å²) < 4.78 is 35.7. The standard InChI is InChI=1S/C15H16FNO3S/c1-10(14-8-3-11(16)9-15(14)18)17-12-4-6-13(7-5-12)21(2,19)20/h3-10,17-18H,1-2H3. The highest BCUT2D eigenvalue weighted by Gasteiger charge is 2.12. The number of phenols is 1. The van der Waals surface area contributed by atoms with E-state index < -0.39 is 15.7 Å². The fraction of sp³-hybridized carbons (Fsp3) is 0.200. The summed E-state index contributed by atoms with van der Waals surface area (Å²) in [4.78, 5) is 0.241.